The lowest BCUT2D eigenvalue weighted by molar-refractivity contribution is -0.0378. The van der Waals surface area contributed by atoms with Crippen LogP contribution in [0, 0.1) is 6.92 Å². The van der Waals surface area contributed by atoms with Gasteiger partial charge in [-0.2, -0.15) is 5.10 Å². The molecule has 0 aromatic carbocycles. The smallest absolute Gasteiger partial charge is 0.181 e. The van der Waals surface area contributed by atoms with Crippen LogP contribution in [0.5, 0.6) is 0 Å². The molecule has 0 saturated carbocycles. The maximum absolute atomic E-state index is 5.86. The first-order chi connectivity index (χ1) is 11.3. The van der Waals surface area contributed by atoms with Gasteiger partial charge in [0.15, 0.2) is 5.82 Å². The van der Waals surface area contributed by atoms with Crippen molar-refractivity contribution in [1.82, 2.24) is 34.9 Å². The largest absolute Gasteiger partial charge is 0.383 e. The van der Waals surface area contributed by atoms with Crippen LogP contribution in [-0.4, -0.2) is 74.8 Å². The molecule has 1 aliphatic heterocycles. The van der Waals surface area contributed by atoms with Gasteiger partial charge in [-0.3, -0.25) is 9.58 Å². The Bertz CT molecular complexity index is 612. The third kappa shape index (κ3) is 4.12. The molecule has 126 valence electrons. The third-order valence-electron chi connectivity index (χ3n) is 3.92. The Morgan fingerprint density at radius 2 is 2.26 bits per heavy atom. The number of methoxy groups -OCH3 is 1. The fraction of sp³-hybridized carbons (Fsp3) is 0.714. The molecule has 2 aromatic heterocycles. The molecule has 2 aromatic rings. The number of hydrogen-bond acceptors (Lipinski definition) is 7. The molecule has 0 amide bonds. The van der Waals surface area contributed by atoms with Crippen molar-refractivity contribution in [3.05, 3.63) is 23.8 Å². The Hall–Kier alpha value is -1.84. The van der Waals surface area contributed by atoms with Crippen LogP contribution in [-0.2, 0) is 22.6 Å². The van der Waals surface area contributed by atoms with Gasteiger partial charge in [-0.1, -0.05) is 0 Å². The van der Waals surface area contributed by atoms with Gasteiger partial charge in [0, 0.05) is 32.9 Å². The average molecular weight is 321 g/mol. The number of aryl methyl sites for hydroxylation is 1. The number of aromatic nitrogens is 6. The van der Waals surface area contributed by atoms with Gasteiger partial charge in [0.05, 0.1) is 32.0 Å². The lowest BCUT2D eigenvalue weighted by Crippen LogP contribution is -2.41. The quantitative estimate of drug-likeness (QED) is 0.704. The molecule has 0 bridgehead atoms. The lowest BCUT2D eigenvalue weighted by atomic mass is 10.2. The number of tetrazole rings is 1. The van der Waals surface area contributed by atoms with Crippen LogP contribution in [0.2, 0.25) is 0 Å². The van der Waals surface area contributed by atoms with Crippen molar-refractivity contribution >= 4 is 0 Å². The maximum atomic E-state index is 5.86. The second-order valence-electron chi connectivity index (χ2n) is 5.63. The molecule has 0 radical (unpaired) electrons. The van der Waals surface area contributed by atoms with Crippen molar-refractivity contribution < 1.29 is 9.47 Å². The summed E-state index contributed by atoms with van der Waals surface area (Å²) in [7, 11) is 1.67. The molecule has 1 atom stereocenters. The zero-order valence-corrected chi connectivity index (χ0v) is 13.6. The summed E-state index contributed by atoms with van der Waals surface area (Å²) in [6, 6.07) is 2.02. The second kappa shape index (κ2) is 7.62. The molecule has 3 heterocycles. The van der Waals surface area contributed by atoms with E-state index in [4.69, 9.17) is 9.47 Å². The topological polar surface area (TPSA) is 83.1 Å². The van der Waals surface area contributed by atoms with E-state index in [1.165, 1.54) is 0 Å². The van der Waals surface area contributed by atoms with Crippen LogP contribution < -0.4 is 0 Å². The normalized spacial score (nSPS) is 19.3. The average Bonchev–Trinajstić information content (AvgIpc) is 3.20. The number of morpholine rings is 1. The van der Waals surface area contributed by atoms with Crippen molar-refractivity contribution in [2.75, 3.05) is 40.0 Å². The van der Waals surface area contributed by atoms with Crippen molar-refractivity contribution in [1.29, 1.82) is 0 Å². The van der Waals surface area contributed by atoms with Crippen LogP contribution in [0.4, 0.5) is 0 Å². The first kappa shape index (κ1) is 16.0. The molecule has 9 heteroatoms. The molecule has 0 N–H and O–H groups in total. The predicted octanol–water partition coefficient (Wildman–Crippen LogP) is -0.102. The molecule has 23 heavy (non-hydrogen) atoms. The highest BCUT2D eigenvalue weighted by molar-refractivity contribution is 4.95. The van der Waals surface area contributed by atoms with E-state index < -0.39 is 0 Å². The number of rotatable bonds is 7. The van der Waals surface area contributed by atoms with Crippen LogP contribution in [0.3, 0.4) is 0 Å². The minimum absolute atomic E-state index is 0.102. The van der Waals surface area contributed by atoms with Crippen molar-refractivity contribution in [3.8, 4) is 0 Å². The summed E-state index contributed by atoms with van der Waals surface area (Å²) in [6.45, 7) is 7.39. The molecule has 0 spiro atoms. The first-order valence-corrected chi connectivity index (χ1v) is 7.85. The Morgan fingerprint density at radius 1 is 1.35 bits per heavy atom. The van der Waals surface area contributed by atoms with Crippen molar-refractivity contribution in [2.45, 2.75) is 26.1 Å². The second-order valence-corrected chi connectivity index (χ2v) is 5.63. The zero-order valence-electron chi connectivity index (χ0n) is 13.6. The van der Waals surface area contributed by atoms with Crippen molar-refractivity contribution in [3.63, 3.8) is 0 Å². The van der Waals surface area contributed by atoms with E-state index in [2.05, 4.69) is 25.5 Å². The Balaban J connectivity index is 1.56. The molecule has 1 aliphatic rings. The number of hydrogen-bond donors (Lipinski definition) is 0. The molecule has 1 fully saturated rings. The predicted molar refractivity (Wildman–Crippen MR) is 81.8 cm³/mol. The minimum Gasteiger partial charge on any atom is -0.383 e. The highest BCUT2D eigenvalue weighted by atomic mass is 16.5. The molecule has 0 aliphatic carbocycles. The monoisotopic (exact) mass is 321 g/mol. The van der Waals surface area contributed by atoms with E-state index in [1.807, 2.05) is 23.9 Å². The van der Waals surface area contributed by atoms with E-state index in [-0.39, 0.29) is 6.10 Å². The first-order valence-electron chi connectivity index (χ1n) is 7.85. The van der Waals surface area contributed by atoms with Crippen LogP contribution in [0.25, 0.3) is 0 Å². The van der Waals surface area contributed by atoms with Gasteiger partial charge in [0.1, 0.15) is 6.10 Å². The molecular weight excluding hydrogens is 298 g/mol. The summed E-state index contributed by atoms with van der Waals surface area (Å²) < 4.78 is 14.7. The highest BCUT2D eigenvalue weighted by Crippen LogP contribution is 2.19. The molecule has 3 rings (SSSR count). The van der Waals surface area contributed by atoms with Gasteiger partial charge in [-0.05, 0) is 23.4 Å². The molecule has 9 nitrogen and oxygen atoms in total. The number of nitrogens with zero attached hydrogens (tertiary/aromatic N) is 7. The minimum atomic E-state index is -0.102. The Morgan fingerprint density at radius 3 is 3.04 bits per heavy atom. The van der Waals surface area contributed by atoms with E-state index in [0.717, 1.165) is 37.7 Å². The Kier molecular flexibility index (Phi) is 5.31. The summed E-state index contributed by atoms with van der Waals surface area (Å²) in [5.74, 6) is 0.765. The van der Waals surface area contributed by atoms with Crippen LogP contribution in [0.1, 0.15) is 17.6 Å². The summed E-state index contributed by atoms with van der Waals surface area (Å²) in [5, 5.41) is 16.3. The van der Waals surface area contributed by atoms with E-state index >= 15 is 0 Å². The highest BCUT2D eigenvalue weighted by Gasteiger charge is 2.26. The summed E-state index contributed by atoms with van der Waals surface area (Å²) in [5.41, 5.74) is 1.04. The molecule has 1 saturated heterocycles. The Labute approximate surface area is 135 Å². The number of ether oxygens (including phenoxy) is 2. The van der Waals surface area contributed by atoms with Gasteiger partial charge < -0.3 is 9.47 Å². The fourth-order valence-electron chi connectivity index (χ4n) is 2.67. The van der Waals surface area contributed by atoms with Crippen molar-refractivity contribution in [2.24, 2.45) is 0 Å². The maximum Gasteiger partial charge on any atom is 0.181 e. The fourth-order valence-corrected chi connectivity index (χ4v) is 2.67. The zero-order chi connectivity index (χ0) is 16.1. The van der Waals surface area contributed by atoms with Gasteiger partial charge in [-0.25, -0.2) is 4.68 Å². The van der Waals surface area contributed by atoms with Gasteiger partial charge in [-0.15, -0.1) is 5.10 Å². The molecular formula is C14H23N7O2. The van der Waals surface area contributed by atoms with E-state index in [0.29, 0.717) is 19.8 Å². The van der Waals surface area contributed by atoms with E-state index in [1.54, 1.807) is 11.8 Å². The van der Waals surface area contributed by atoms with Gasteiger partial charge >= 0.3 is 0 Å². The standard InChI is InChI=1S/C14H23N7O2/c1-12-3-4-20(16-12)6-5-19-7-10-23-13(11-19)14-15-17-18-21(14)8-9-22-2/h3-4,13H,5-11H2,1-2H3. The van der Waals surface area contributed by atoms with Crippen LogP contribution >= 0.6 is 0 Å². The van der Waals surface area contributed by atoms with E-state index in [9.17, 15) is 0 Å². The SMILES string of the molecule is COCCn1nnnc1C1CN(CCn2ccc(C)n2)CCO1. The van der Waals surface area contributed by atoms with Gasteiger partial charge in [0.25, 0.3) is 0 Å². The van der Waals surface area contributed by atoms with Crippen LogP contribution in [0.15, 0.2) is 12.3 Å². The lowest BCUT2D eigenvalue weighted by Gasteiger charge is -2.32. The summed E-state index contributed by atoms with van der Waals surface area (Å²) in [6.07, 6.45) is 1.91. The molecule has 1 unspecified atom stereocenters. The third-order valence-corrected chi connectivity index (χ3v) is 3.92. The summed E-state index contributed by atoms with van der Waals surface area (Å²) >= 11 is 0. The van der Waals surface area contributed by atoms with Gasteiger partial charge in [0.2, 0.25) is 0 Å². The summed E-state index contributed by atoms with van der Waals surface area (Å²) in [4.78, 5) is 2.36.